The van der Waals surface area contributed by atoms with Gasteiger partial charge < -0.3 is 15.2 Å². The fourth-order valence-corrected chi connectivity index (χ4v) is 3.76. The van der Waals surface area contributed by atoms with Crippen molar-refractivity contribution in [3.05, 3.63) is 42.1 Å². The Kier molecular flexibility index (Phi) is 5.68. The Balaban J connectivity index is 1.69. The summed E-state index contributed by atoms with van der Waals surface area (Å²) in [6.45, 7) is 1.94. The number of rotatable bonds is 7. The van der Waals surface area contributed by atoms with Gasteiger partial charge in [-0.3, -0.25) is 14.7 Å². The number of nitrogens with zero attached hydrogens (tertiary/aromatic N) is 2. The number of pyridine rings is 1. The lowest BCUT2D eigenvalue weighted by Crippen LogP contribution is -2.23. The van der Waals surface area contributed by atoms with Gasteiger partial charge in [-0.25, -0.2) is 0 Å². The predicted octanol–water partition coefficient (Wildman–Crippen LogP) is 1.62. The van der Waals surface area contributed by atoms with Gasteiger partial charge in [0.1, 0.15) is 0 Å². The van der Waals surface area contributed by atoms with E-state index in [0.717, 1.165) is 23.0 Å². The zero-order chi connectivity index (χ0) is 17.8. The van der Waals surface area contributed by atoms with E-state index in [4.69, 9.17) is 10.0 Å². The molecule has 2 heterocycles. The summed E-state index contributed by atoms with van der Waals surface area (Å²) in [5.41, 5.74) is 2.10. The molecular formula is C18H23BN2O4. The summed E-state index contributed by atoms with van der Waals surface area (Å²) in [5, 5.41) is 28.6. The van der Waals surface area contributed by atoms with Crippen LogP contribution < -0.4 is 0 Å². The fraction of sp³-hybridized carbons (Fsp3) is 0.444. The Morgan fingerprint density at radius 3 is 2.80 bits per heavy atom. The highest BCUT2D eigenvalue weighted by Crippen LogP contribution is 2.30. The molecule has 132 valence electrons. The van der Waals surface area contributed by atoms with E-state index >= 15 is 0 Å². The van der Waals surface area contributed by atoms with Crippen molar-refractivity contribution in [3.63, 3.8) is 0 Å². The number of carboxylic acids is 1. The molecule has 1 saturated heterocycles. The number of benzene rings is 1. The number of likely N-dealkylation sites (tertiary alicyclic amines) is 1. The summed E-state index contributed by atoms with van der Waals surface area (Å²) in [7, 11) is -1.32. The first-order chi connectivity index (χ1) is 12.0. The monoisotopic (exact) mass is 342 g/mol. The van der Waals surface area contributed by atoms with E-state index < -0.39 is 19.0 Å². The number of aliphatic carboxylic acids is 1. The highest BCUT2D eigenvalue weighted by atomic mass is 16.4. The van der Waals surface area contributed by atoms with Crippen molar-refractivity contribution in [2.75, 3.05) is 13.1 Å². The van der Waals surface area contributed by atoms with Gasteiger partial charge in [0.05, 0.1) is 11.4 Å². The van der Waals surface area contributed by atoms with E-state index in [9.17, 15) is 9.90 Å². The molecule has 2 atom stereocenters. The van der Waals surface area contributed by atoms with Crippen LogP contribution in [0.25, 0.3) is 10.9 Å². The van der Waals surface area contributed by atoms with Crippen LogP contribution in [0.1, 0.15) is 18.4 Å². The van der Waals surface area contributed by atoms with Crippen molar-refractivity contribution >= 4 is 24.0 Å². The topological polar surface area (TPSA) is 93.9 Å². The molecule has 0 amide bonds. The number of fused-ring (bicyclic) bond motifs is 1. The third-order valence-corrected chi connectivity index (χ3v) is 5.00. The van der Waals surface area contributed by atoms with Crippen molar-refractivity contribution in [2.45, 2.75) is 25.7 Å². The molecule has 2 unspecified atom stereocenters. The number of aromatic nitrogens is 1. The van der Waals surface area contributed by atoms with Gasteiger partial charge in [0, 0.05) is 31.2 Å². The molecule has 2 aromatic rings. The number of carbonyl (C=O) groups is 1. The lowest BCUT2D eigenvalue weighted by molar-refractivity contribution is -0.142. The van der Waals surface area contributed by atoms with Crippen LogP contribution in [0.15, 0.2) is 36.5 Å². The van der Waals surface area contributed by atoms with Crippen LogP contribution in [0.5, 0.6) is 0 Å². The molecular weight excluding hydrogens is 319 g/mol. The zero-order valence-corrected chi connectivity index (χ0v) is 14.1. The lowest BCUT2D eigenvalue weighted by Gasteiger charge is -2.17. The van der Waals surface area contributed by atoms with Gasteiger partial charge in [-0.1, -0.05) is 24.6 Å². The molecule has 0 aliphatic carbocycles. The normalized spacial score (nSPS) is 20.9. The van der Waals surface area contributed by atoms with Crippen LogP contribution in [0, 0.1) is 11.8 Å². The first kappa shape index (κ1) is 17.9. The smallest absolute Gasteiger partial charge is 0.451 e. The van der Waals surface area contributed by atoms with Gasteiger partial charge in [-0.2, -0.15) is 0 Å². The molecule has 25 heavy (non-hydrogen) atoms. The molecule has 0 saturated carbocycles. The Morgan fingerprint density at radius 2 is 2.04 bits per heavy atom. The maximum absolute atomic E-state index is 11.6. The predicted molar refractivity (Wildman–Crippen MR) is 95.9 cm³/mol. The average molecular weight is 342 g/mol. The van der Waals surface area contributed by atoms with Crippen molar-refractivity contribution in [1.82, 2.24) is 9.88 Å². The summed E-state index contributed by atoms with van der Waals surface area (Å²) in [6.07, 6.45) is 3.40. The summed E-state index contributed by atoms with van der Waals surface area (Å²) >= 11 is 0. The minimum Gasteiger partial charge on any atom is -0.481 e. The minimum atomic E-state index is -1.32. The van der Waals surface area contributed by atoms with Gasteiger partial charge in [-0.15, -0.1) is 0 Å². The highest BCUT2D eigenvalue weighted by Gasteiger charge is 2.37. The number of hydrogen-bond donors (Lipinski definition) is 3. The Bertz CT molecular complexity index is 735. The maximum atomic E-state index is 11.6. The molecule has 6 nitrogen and oxygen atoms in total. The molecule has 3 rings (SSSR count). The summed E-state index contributed by atoms with van der Waals surface area (Å²) in [4.78, 5) is 18.1. The Labute approximate surface area is 147 Å². The van der Waals surface area contributed by atoms with E-state index in [1.54, 1.807) is 6.20 Å². The quantitative estimate of drug-likeness (QED) is 0.662. The first-order valence-electron chi connectivity index (χ1n) is 8.68. The van der Waals surface area contributed by atoms with Crippen molar-refractivity contribution in [2.24, 2.45) is 11.8 Å². The van der Waals surface area contributed by atoms with E-state index in [0.29, 0.717) is 25.9 Å². The molecule has 1 aromatic carbocycles. The largest absolute Gasteiger partial charge is 0.481 e. The molecule has 1 aliphatic rings. The lowest BCUT2D eigenvalue weighted by atomic mass is 9.80. The van der Waals surface area contributed by atoms with E-state index in [1.165, 1.54) is 0 Å². The van der Waals surface area contributed by atoms with E-state index in [-0.39, 0.29) is 12.2 Å². The number of para-hydroxylation sites is 1. The highest BCUT2D eigenvalue weighted by molar-refractivity contribution is 6.40. The molecule has 0 radical (unpaired) electrons. The third kappa shape index (κ3) is 4.37. The molecule has 7 heteroatoms. The van der Waals surface area contributed by atoms with Crippen molar-refractivity contribution in [1.29, 1.82) is 0 Å². The number of carboxylic acid groups (broad SMARTS) is 1. The summed E-state index contributed by atoms with van der Waals surface area (Å²) in [6, 6.07) is 9.96. The standard InChI is InChI=1S/C18H23BN2O4/c22-18(23)16-12-21(10-13(16)4-3-8-19(24)25)11-14-7-9-20-17-6-2-1-5-15(14)17/h1-2,5-7,9,13,16,24-25H,3-4,8,10-12H2,(H,22,23). The van der Waals surface area contributed by atoms with Crippen LogP contribution in [0.3, 0.4) is 0 Å². The second kappa shape index (κ2) is 7.95. The minimum absolute atomic E-state index is 0.0457. The fourth-order valence-electron chi connectivity index (χ4n) is 3.76. The van der Waals surface area contributed by atoms with Crippen molar-refractivity contribution in [3.8, 4) is 0 Å². The van der Waals surface area contributed by atoms with Crippen LogP contribution in [-0.4, -0.2) is 51.2 Å². The van der Waals surface area contributed by atoms with Crippen molar-refractivity contribution < 1.29 is 19.9 Å². The SMILES string of the molecule is O=C(O)C1CN(Cc2ccnc3ccccc23)CC1CCCB(O)O. The van der Waals surface area contributed by atoms with Gasteiger partial charge >= 0.3 is 13.1 Å². The van der Waals surface area contributed by atoms with Crippen LogP contribution in [0.4, 0.5) is 0 Å². The second-order valence-corrected chi connectivity index (χ2v) is 6.80. The first-order valence-corrected chi connectivity index (χ1v) is 8.68. The summed E-state index contributed by atoms with van der Waals surface area (Å²) < 4.78 is 0. The third-order valence-electron chi connectivity index (χ3n) is 5.00. The van der Waals surface area contributed by atoms with E-state index in [1.807, 2.05) is 30.3 Å². The molecule has 0 bridgehead atoms. The Hall–Kier alpha value is -1.96. The molecule has 3 N–H and O–H groups in total. The molecule has 0 spiro atoms. The van der Waals surface area contributed by atoms with Gasteiger partial charge in [0.15, 0.2) is 0 Å². The van der Waals surface area contributed by atoms with Crippen LogP contribution in [0.2, 0.25) is 6.32 Å². The molecule has 1 aliphatic heterocycles. The molecule has 1 fully saturated rings. The average Bonchev–Trinajstić information content (AvgIpc) is 2.98. The Morgan fingerprint density at radius 1 is 1.24 bits per heavy atom. The maximum Gasteiger partial charge on any atom is 0.451 e. The van der Waals surface area contributed by atoms with Crippen LogP contribution >= 0.6 is 0 Å². The second-order valence-electron chi connectivity index (χ2n) is 6.80. The summed E-state index contributed by atoms with van der Waals surface area (Å²) in [5.74, 6) is -1.12. The van der Waals surface area contributed by atoms with Gasteiger partial charge in [0.25, 0.3) is 0 Å². The van der Waals surface area contributed by atoms with E-state index in [2.05, 4.69) is 9.88 Å². The van der Waals surface area contributed by atoms with Gasteiger partial charge in [-0.05, 0) is 36.4 Å². The molecule has 1 aromatic heterocycles. The zero-order valence-electron chi connectivity index (χ0n) is 14.1. The van der Waals surface area contributed by atoms with Crippen LogP contribution in [-0.2, 0) is 11.3 Å². The number of hydrogen-bond acceptors (Lipinski definition) is 5. The van der Waals surface area contributed by atoms with Gasteiger partial charge in [0.2, 0.25) is 0 Å².